The zero-order valence-electron chi connectivity index (χ0n) is 12.5. The van der Waals surface area contributed by atoms with Crippen molar-refractivity contribution in [1.82, 2.24) is 5.32 Å². The van der Waals surface area contributed by atoms with Crippen molar-refractivity contribution in [1.29, 1.82) is 0 Å². The smallest absolute Gasteiger partial charge is 0.162 e. The summed E-state index contributed by atoms with van der Waals surface area (Å²) in [5.74, 6) is -1.22. The molecule has 2 aliphatic rings. The Labute approximate surface area is 124 Å². The number of halogens is 2. The van der Waals surface area contributed by atoms with E-state index in [4.69, 9.17) is 4.74 Å². The molecule has 0 radical (unpaired) electrons. The molecule has 0 bridgehead atoms. The molecule has 0 saturated heterocycles. The molecule has 2 atom stereocenters. The summed E-state index contributed by atoms with van der Waals surface area (Å²) in [4.78, 5) is 0. The summed E-state index contributed by atoms with van der Waals surface area (Å²) < 4.78 is 32.4. The van der Waals surface area contributed by atoms with Gasteiger partial charge in [0.1, 0.15) is 11.9 Å². The summed E-state index contributed by atoms with van der Waals surface area (Å²) in [5.41, 5.74) is 0.163. The minimum Gasteiger partial charge on any atom is -0.490 e. The van der Waals surface area contributed by atoms with Crippen molar-refractivity contribution < 1.29 is 13.5 Å². The fourth-order valence-electron chi connectivity index (χ4n) is 4.09. The average Bonchev–Trinajstić information content (AvgIpc) is 2.74. The normalized spacial score (nSPS) is 28.0. The van der Waals surface area contributed by atoms with Crippen LogP contribution in [-0.4, -0.2) is 19.2 Å². The van der Waals surface area contributed by atoms with E-state index in [2.05, 4.69) is 5.32 Å². The second kappa shape index (κ2) is 5.91. The van der Waals surface area contributed by atoms with Gasteiger partial charge in [-0.1, -0.05) is 25.7 Å². The molecular weight excluding hydrogens is 272 g/mol. The Hall–Kier alpha value is -1.16. The van der Waals surface area contributed by atoms with Crippen LogP contribution in [-0.2, 0) is 0 Å². The van der Waals surface area contributed by atoms with Gasteiger partial charge >= 0.3 is 0 Å². The summed E-state index contributed by atoms with van der Waals surface area (Å²) in [7, 11) is 2.01. The van der Waals surface area contributed by atoms with Gasteiger partial charge in [-0.3, -0.25) is 0 Å². The predicted molar refractivity (Wildman–Crippen MR) is 78.4 cm³/mol. The number of benzene rings is 1. The lowest BCUT2D eigenvalue weighted by atomic mass is 9.58. The molecule has 0 heterocycles. The number of hydrogen-bond acceptors (Lipinski definition) is 2. The summed E-state index contributed by atoms with van der Waals surface area (Å²) in [6, 6.07) is 4.30. The van der Waals surface area contributed by atoms with Gasteiger partial charge < -0.3 is 10.1 Å². The van der Waals surface area contributed by atoms with Gasteiger partial charge in [-0.05, 0) is 32.0 Å². The van der Waals surface area contributed by atoms with Crippen LogP contribution in [0.1, 0.15) is 44.9 Å². The van der Waals surface area contributed by atoms with Crippen molar-refractivity contribution >= 4 is 0 Å². The van der Waals surface area contributed by atoms with Crippen molar-refractivity contribution in [3.05, 3.63) is 29.8 Å². The maximum atomic E-state index is 13.3. The van der Waals surface area contributed by atoms with E-state index in [1.165, 1.54) is 31.7 Å². The first-order valence-electron chi connectivity index (χ1n) is 7.95. The van der Waals surface area contributed by atoms with E-state index >= 15 is 0 Å². The third-order valence-electron chi connectivity index (χ3n) is 5.34. The number of ether oxygens (including phenoxy) is 1. The molecule has 1 N–H and O–H groups in total. The van der Waals surface area contributed by atoms with Crippen LogP contribution < -0.4 is 10.1 Å². The van der Waals surface area contributed by atoms with E-state index in [9.17, 15) is 8.78 Å². The third-order valence-corrected chi connectivity index (χ3v) is 5.34. The van der Waals surface area contributed by atoms with Crippen LogP contribution >= 0.6 is 0 Å². The lowest BCUT2D eigenvalue weighted by Gasteiger charge is -2.55. The molecule has 3 rings (SSSR count). The number of hydrogen-bond donors (Lipinski definition) is 1. The molecule has 0 amide bonds. The lowest BCUT2D eigenvalue weighted by Crippen LogP contribution is -2.64. The van der Waals surface area contributed by atoms with Crippen molar-refractivity contribution in [2.45, 2.75) is 57.1 Å². The SMILES string of the molecule is CNC1CC(Oc2ccc(F)c(F)c2)C12CCCCCC2. The zero-order valence-corrected chi connectivity index (χ0v) is 12.5. The quantitative estimate of drug-likeness (QED) is 0.908. The van der Waals surface area contributed by atoms with E-state index in [0.717, 1.165) is 31.4 Å². The zero-order chi connectivity index (χ0) is 14.9. The molecule has 21 heavy (non-hydrogen) atoms. The van der Waals surface area contributed by atoms with Gasteiger partial charge in [0.05, 0.1) is 0 Å². The van der Waals surface area contributed by atoms with Gasteiger partial charge in [-0.2, -0.15) is 0 Å². The Kier molecular flexibility index (Phi) is 4.16. The maximum absolute atomic E-state index is 13.3. The van der Waals surface area contributed by atoms with Gasteiger partial charge in [-0.15, -0.1) is 0 Å². The molecule has 0 aromatic heterocycles. The molecule has 2 fully saturated rings. The Morgan fingerprint density at radius 3 is 2.43 bits per heavy atom. The van der Waals surface area contributed by atoms with Crippen LogP contribution in [0, 0.1) is 17.0 Å². The van der Waals surface area contributed by atoms with Crippen LogP contribution in [0.3, 0.4) is 0 Å². The molecule has 116 valence electrons. The van der Waals surface area contributed by atoms with E-state index in [1.54, 1.807) is 0 Å². The van der Waals surface area contributed by atoms with Crippen LogP contribution in [0.5, 0.6) is 5.75 Å². The van der Waals surface area contributed by atoms with Crippen LogP contribution in [0.4, 0.5) is 8.78 Å². The molecule has 2 aliphatic carbocycles. The molecule has 2 nitrogen and oxygen atoms in total. The second-order valence-corrected chi connectivity index (χ2v) is 6.41. The first-order valence-corrected chi connectivity index (χ1v) is 7.95. The van der Waals surface area contributed by atoms with Gasteiger partial charge in [0.2, 0.25) is 0 Å². The molecule has 1 aromatic carbocycles. The molecule has 0 aliphatic heterocycles. The first-order chi connectivity index (χ1) is 10.2. The highest BCUT2D eigenvalue weighted by molar-refractivity contribution is 5.25. The largest absolute Gasteiger partial charge is 0.490 e. The highest BCUT2D eigenvalue weighted by Gasteiger charge is 2.55. The monoisotopic (exact) mass is 295 g/mol. The van der Waals surface area contributed by atoms with Crippen molar-refractivity contribution in [3.63, 3.8) is 0 Å². The number of nitrogens with one attached hydrogen (secondary N) is 1. The molecule has 2 saturated carbocycles. The molecule has 1 aromatic rings. The van der Waals surface area contributed by atoms with Crippen molar-refractivity contribution in [2.75, 3.05) is 7.05 Å². The standard InChI is InChI=1S/C17H23F2NO/c1-20-15-11-16(17(15)8-4-2-3-5-9-17)21-12-6-7-13(18)14(19)10-12/h6-7,10,15-16,20H,2-5,8-9,11H2,1H3. The third kappa shape index (κ3) is 2.66. The summed E-state index contributed by atoms with van der Waals surface area (Å²) in [5, 5.41) is 3.41. The fraction of sp³-hybridized carbons (Fsp3) is 0.647. The van der Waals surface area contributed by atoms with Crippen LogP contribution in [0.15, 0.2) is 18.2 Å². The Bertz CT molecular complexity index is 498. The minimum atomic E-state index is -0.841. The van der Waals surface area contributed by atoms with Gasteiger partial charge in [0, 0.05) is 23.9 Å². The number of rotatable bonds is 3. The Balaban J connectivity index is 1.76. The summed E-state index contributed by atoms with van der Waals surface area (Å²) in [6.07, 6.45) is 8.41. The van der Waals surface area contributed by atoms with Crippen molar-refractivity contribution in [3.8, 4) is 5.75 Å². The van der Waals surface area contributed by atoms with E-state index in [-0.39, 0.29) is 11.5 Å². The molecule has 1 spiro atoms. The van der Waals surface area contributed by atoms with Gasteiger partial charge in [0.25, 0.3) is 0 Å². The van der Waals surface area contributed by atoms with Crippen LogP contribution in [0.2, 0.25) is 0 Å². The van der Waals surface area contributed by atoms with E-state index in [0.29, 0.717) is 11.8 Å². The highest BCUT2D eigenvalue weighted by atomic mass is 19.2. The summed E-state index contributed by atoms with van der Waals surface area (Å²) in [6.45, 7) is 0. The predicted octanol–water partition coefficient (Wildman–Crippen LogP) is 4.04. The van der Waals surface area contributed by atoms with Crippen molar-refractivity contribution in [2.24, 2.45) is 5.41 Å². The van der Waals surface area contributed by atoms with E-state index in [1.807, 2.05) is 7.05 Å². The lowest BCUT2D eigenvalue weighted by molar-refractivity contribution is -0.0883. The first kappa shape index (κ1) is 14.8. The van der Waals surface area contributed by atoms with E-state index < -0.39 is 11.6 Å². The minimum absolute atomic E-state index is 0.109. The Morgan fingerprint density at radius 1 is 1.10 bits per heavy atom. The molecule has 2 unspecified atom stereocenters. The second-order valence-electron chi connectivity index (χ2n) is 6.41. The fourth-order valence-corrected chi connectivity index (χ4v) is 4.09. The molecular formula is C17H23F2NO. The summed E-state index contributed by atoms with van der Waals surface area (Å²) >= 11 is 0. The molecule has 4 heteroatoms. The van der Waals surface area contributed by atoms with Gasteiger partial charge in [0.15, 0.2) is 11.6 Å². The van der Waals surface area contributed by atoms with Crippen LogP contribution in [0.25, 0.3) is 0 Å². The Morgan fingerprint density at radius 2 is 1.81 bits per heavy atom. The van der Waals surface area contributed by atoms with Gasteiger partial charge in [-0.25, -0.2) is 8.78 Å². The topological polar surface area (TPSA) is 21.3 Å². The highest BCUT2D eigenvalue weighted by Crippen LogP contribution is 2.52. The maximum Gasteiger partial charge on any atom is 0.162 e. The average molecular weight is 295 g/mol.